The summed E-state index contributed by atoms with van der Waals surface area (Å²) in [6.07, 6.45) is 1.66. The summed E-state index contributed by atoms with van der Waals surface area (Å²) in [5, 5.41) is 3.04. The molecule has 140 valence electrons. The molecule has 0 aliphatic carbocycles. The van der Waals surface area contributed by atoms with E-state index in [1.807, 2.05) is 0 Å². The van der Waals surface area contributed by atoms with Gasteiger partial charge in [-0.15, -0.1) is 0 Å². The molecule has 27 heavy (non-hydrogen) atoms. The number of rotatable bonds is 6. The highest BCUT2D eigenvalue weighted by atomic mass is 19.1. The third kappa shape index (κ3) is 4.03. The molecule has 0 fully saturated rings. The van der Waals surface area contributed by atoms with Gasteiger partial charge in [-0.05, 0) is 25.1 Å². The van der Waals surface area contributed by atoms with E-state index in [0.29, 0.717) is 40.9 Å². The average molecular weight is 369 g/mol. The first kappa shape index (κ1) is 18.7. The van der Waals surface area contributed by atoms with Crippen molar-refractivity contribution in [2.75, 3.05) is 13.7 Å². The van der Waals surface area contributed by atoms with Crippen molar-refractivity contribution in [3.8, 4) is 0 Å². The lowest BCUT2D eigenvalue weighted by molar-refractivity contribution is 0.0949. The molecule has 0 spiro atoms. The maximum absolute atomic E-state index is 13.7. The van der Waals surface area contributed by atoms with Crippen molar-refractivity contribution in [1.29, 1.82) is 0 Å². The first-order valence-corrected chi connectivity index (χ1v) is 8.52. The minimum atomic E-state index is -0.406. The van der Waals surface area contributed by atoms with Gasteiger partial charge < -0.3 is 14.6 Å². The molecule has 1 amide bonds. The van der Waals surface area contributed by atoms with Crippen LogP contribution in [0.15, 0.2) is 47.4 Å². The Morgan fingerprint density at radius 1 is 1.30 bits per heavy atom. The second kappa shape index (κ2) is 8.09. The average Bonchev–Trinajstić information content (AvgIpc) is 2.66. The minimum absolute atomic E-state index is 0.0514. The van der Waals surface area contributed by atoms with E-state index in [-0.39, 0.29) is 17.9 Å². The molecule has 1 aromatic carbocycles. The van der Waals surface area contributed by atoms with Crippen LogP contribution in [0.4, 0.5) is 4.39 Å². The number of ether oxygens (including phenoxy) is 1. The van der Waals surface area contributed by atoms with Crippen LogP contribution in [0.3, 0.4) is 0 Å². The molecule has 7 heteroatoms. The summed E-state index contributed by atoms with van der Waals surface area (Å²) in [7, 11) is 1.56. The summed E-state index contributed by atoms with van der Waals surface area (Å²) >= 11 is 0. The number of halogens is 1. The number of carbonyl (C=O) groups is 1. The van der Waals surface area contributed by atoms with Gasteiger partial charge >= 0.3 is 0 Å². The molecule has 0 unspecified atom stereocenters. The predicted octanol–water partition coefficient (Wildman–Crippen LogP) is 2.42. The van der Waals surface area contributed by atoms with Gasteiger partial charge in [0.2, 0.25) is 0 Å². The highest BCUT2D eigenvalue weighted by molar-refractivity contribution is 5.98. The van der Waals surface area contributed by atoms with Gasteiger partial charge in [-0.2, -0.15) is 0 Å². The highest BCUT2D eigenvalue weighted by Crippen LogP contribution is 2.14. The number of carbonyl (C=O) groups excluding carboxylic acids is 1. The lowest BCUT2D eigenvalue weighted by Gasteiger charge is -2.11. The molecule has 6 nitrogen and oxygen atoms in total. The van der Waals surface area contributed by atoms with Crippen molar-refractivity contribution in [1.82, 2.24) is 14.9 Å². The zero-order valence-electron chi connectivity index (χ0n) is 15.2. The molecular weight excluding hydrogens is 349 g/mol. The lowest BCUT2D eigenvalue weighted by Crippen LogP contribution is -2.26. The van der Waals surface area contributed by atoms with Crippen LogP contribution in [-0.2, 0) is 17.8 Å². The standard InChI is InChI=1S/C20H20FN3O3/c1-13-15(19(25)22-12-14-5-3-4-6-17(14)21)11-16-18(23-13)7-8-24(20(16)26)9-10-27-2/h3-8,11H,9-10,12H2,1-2H3,(H,22,25). The number of methoxy groups -OCH3 is 1. The van der Waals surface area contributed by atoms with Crippen LogP contribution in [-0.4, -0.2) is 29.2 Å². The summed E-state index contributed by atoms with van der Waals surface area (Å²) in [5.74, 6) is -0.788. The first-order valence-electron chi connectivity index (χ1n) is 8.52. The van der Waals surface area contributed by atoms with E-state index in [9.17, 15) is 14.0 Å². The topological polar surface area (TPSA) is 73.2 Å². The summed E-state index contributed by atoms with van der Waals surface area (Å²) in [4.78, 5) is 29.6. The molecular formula is C20H20FN3O3. The Balaban J connectivity index is 1.90. The summed E-state index contributed by atoms with van der Waals surface area (Å²) < 4.78 is 20.2. The van der Waals surface area contributed by atoms with Crippen LogP contribution >= 0.6 is 0 Å². The maximum Gasteiger partial charge on any atom is 0.260 e. The SMILES string of the molecule is COCCn1ccc2nc(C)c(C(=O)NCc3ccccc3F)cc2c1=O. The molecule has 0 saturated carbocycles. The molecule has 0 aliphatic heterocycles. The molecule has 0 bridgehead atoms. The number of hydrogen-bond acceptors (Lipinski definition) is 4. The van der Waals surface area contributed by atoms with E-state index in [4.69, 9.17) is 4.74 Å². The molecule has 3 rings (SSSR count). The van der Waals surface area contributed by atoms with Gasteiger partial charge in [0, 0.05) is 32.0 Å². The second-order valence-electron chi connectivity index (χ2n) is 6.14. The molecule has 0 atom stereocenters. The molecule has 0 radical (unpaired) electrons. The minimum Gasteiger partial charge on any atom is -0.383 e. The number of aryl methyl sites for hydroxylation is 1. The number of benzene rings is 1. The molecule has 2 heterocycles. The molecule has 0 saturated heterocycles. The van der Waals surface area contributed by atoms with Crippen molar-refractivity contribution in [2.45, 2.75) is 20.0 Å². The van der Waals surface area contributed by atoms with Crippen LogP contribution in [0.25, 0.3) is 10.9 Å². The summed E-state index contributed by atoms with van der Waals surface area (Å²) in [5.41, 5.74) is 1.47. The van der Waals surface area contributed by atoms with Gasteiger partial charge in [0.1, 0.15) is 5.82 Å². The molecule has 2 aromatic heterocycles. The van der Waals surface area contributed by atoms with E-state index in [2.05, 4.69) is 10.3 Å². The fraction of sp³-hybridized carbons (Fsp3) is 0.250. The number of amides is 1. The maximum atomic E-state index is 13.7. The highest BCUT2D eigenvalue weighted by Gasteiger charge is 2.14. The predicted molar refractivity (Wildman–Crippen MR) is 100 cm³/mol. The Hall–Kier alpha value is -3.06. The van der Waals surface area contributed by atoms with Crippen molar-refractivity contribution in [3.05, 3.63) is 75.6 Å². The molecule has 1 N–H and O–H groups in total. The summed E-state index contributed by atoms with van der Waals surface area (Å²) in [6.45, 7) is 2.57. The Morgan fingerprint density at radius 2 is 2.07 bits per heavy atom. The van der Waals surface area contributed by atoms with Gasteiger partial charge in [-0.3, -0.25) is 14.6 Å². The van der Waals surface area contributed by atoms with E-state index >= 15 is 0 Å². The van der Waals surface area contributed by atoms with E-state index in [1.165, 1.54) is 10.6 Å². The largest absolute Gasteiger partial charge is 0.383 e. The molecule has 3 aromatic rings. The van der Waals surface area contributed by atoms with Crippen LogP contribution in [0.5, 0.6) is 0 Å². The van der Waals surface area contributed by atoms with Gasteiger partial charge in [0.05, 0.1) is 28.8 Å². The van der Waals surface area contributed by atoms with Crippen LogP contribution in [0.1, 0.15) is 21.6 Å². The van der Waals surface area contributed by atoms with Crippen molar-refractivity contribution in [2.24, 2.45) is 0 Å². The van der Waals surface area contributed by atoms with Crippen molar-refractivity contribution >= 4 is 16.8 Å². The van der Waals surface area contributed by atoms with Gasteiger partial charge in [-0.1, -0.05) is 18.2 Å². The second-order valence-corrected chi connectivity index (χ2v) is 6.14. The van der Waals surface area contributed by atoms with Gasteiger partial charge in [-0.25, -0.2) is 4.39 Å². The fourth-order valence-electron chi connectivity index (χ4n) is 2.81. The molecule has 0 aliphatic rings. The number of pyridine rings is 2. The first-order chi connectivity index (χ1) is 13.0. The third-order valence-electron chi connectivity index (χ3n) is 4.32. The van der Waals surface area contributed by atoms with Crippen LogP contribution < -0.4 is 10.9 Å². The van der Waals surface area contributed by atoms with Crippen LogP contribution in [0, 0.1) is 12.7 Å². The van der Waals surface area contributed by atoms with Gasteiger partial charge in [0.15, 0.2) is 0 Å². The van der Waals surface area contributed by atoms with Crippen molar-refractivity contribution in [3.63, 3.8) is 0 Å². The zero-order chi connectivity index (χ0) is 19.4. The smallest absolute Gasteiger partial charge is 0.260 e. The number of nitrogens with zero attached hydrogens (tertiary/aromatic N) is 2. The van der Waals surface area contributed by atoms with E-state index < -0.39 is 5.91 Å². The normalized spacial score (nSPS) is 10.9. The van der Waals surface area contributed by atoms with E-state index in [1.54, 1.807) is 50.6 Å². The number of fused-ring (bicyclic) bond motifs is 1. The van der Waals surface area contributed by atoms with E-state index in [0.717, 1.165) is 0 Å². The monoisotopic (exact) mass is 369 g/mol. The van der Waals surface area contributed by atoms with Crippen molar-refractivity contribution < 1.29 is 13.9 Å². The number of aromatic nitrogens is 2. The fourth-order valence-corrected chi connectivity index (χ4v) is 2.81. The Kier molecular flexibility index (Phi) is 5.61. The lowest BCUT2D eigenvalue weighted by atomic mass is 10.1. The Bertz CT molecular complexity index is 1050. The Labute approximate surface area is 155 Å². The quantitative estimate of drug-likeness (QED) is 0.724. The van der Waals surface area contributed by atoms with Crippen LogP contribution in [0.2, 0.25) is 0 Å². The zero-order valence-corrected chi connectivity index (χ0v) is 15.2. The van der Waals surface area contributed by atoms with Gasteiger partial charge in [0.25, 0.3) is 11.5 Å². The number of hydrogen-bond donors (Lipinski definition) is 1. The Morgan fingerprint density at radius 3 is 2.81 bits per heavy atom. The third-order valence-corrected chi connectivity index (χ3v) is 4.32. The summed E-state index contributed by atoms with van der Waals surface area (Å²) in [6, 6.07) is 9.52. The number of nitrogens with one attached hydrogen (secondary N) is 1.